The number of rotatable bonds is 6. The van der Waals surface area contributed by atoms with E-state index in [1.54, 1.807) is 0 Å². The third-order valence-electron chi connectivity index (χ3n) is 5.71. The largest absolute Gasteiger partial charge is 0.372 e. The van der Waals surface area contributed by atoms with Gasteiger partial charge >= 0.3 is 0 Å². The molecule has 1 fully saturated rings. The van der Waals surface area contributed by atoms with Crippen LogP contribution in [0.15, 0.2) is 36.5 Å². The van der Waals surface area contributed by atoms with E-state index < -0.39 is 0 Å². The molecule has 1 aromatic carbocycles. The lowest BCUT2D eigenvalue weighted by Gasteiger charge is -2.33. The molecular weight excluding hydrogens is 338 g/mol. The molecule has 5 heteroatoms. The lowest BCUT2D eigenvalue weighted by molar-refractivity contribution is -0.135. The third-order valence-corrected chi connectivity index (χ3v) is 5.71. The van der Waals surface area contributed by atoms with E-state index in [2.05, 4.69) is 21.7 Å². The highest BCUT2D eigenvalue weighted by atomic mass is 16.5. The van der Waals surface area contributed by atoms with Gasteiger partial charge in [0.2, 0.25) is 5.91 Å². The lowest BCUT2D eigenvalue weighted by atomic mass is 10.1. The number of fused-ring (bicyclic) bond motifs is 1. The summed E-state index contributed by atoms with van der Waals surface area (Å²) in [5.74, 6) is 1.44. The molecule has 1 unspecified atom stereocenters. The summed E-state index contributed by atoms with van der Waals surface area (Å²) < 4.78 is 8.38. The minimum atomic E-state index is 0.144. The normalized spacial score (nSPS) is 19.7. The van der Waals surface area contributed by atoms with Crippen LogP contribution < -0.4 is 0 Å². The zero-order valence-electron chi connectivity index (χ0n) is 16.0. The van der Waals surface area contributed by atoms with Gasteiger partial charge in [0.1, 0.15) is 5.82 Å². The quantitative estimate of drug-likeness (QED) is 0.787. The number of amides is 1. The van der Waals surface area contributed by atoms with Crippen LogP contribution in [0.4, 0.5) is 0 Å². The Morgan fingerprint density at radius 2 is 2.04 bits per heavy atom. The summed E-state index contributed by atoms with van der Waals surface area (Å²) in [5, 5.41) is 0. The molecule has 1 saturated heterocycles. The number of ether oxygens (including phenoxy) is 1. The van der Waals surface area contributed by atoms with Gasteiger partial charge in [0.05, 0.1) is 12.7 Å². The van der Waals surface area contributed by atoms with Gasteiger partial charge in [-0.15, -0.1) is 0 Å². The molecule has 144 valence electrons. The number of imidazole rings is 1. The second-order valence-electron chi connectivity index (χ2n) is 7.68. The maximum absolute atomic E-state index is 12.7. The van der Waals surface area contributed by atoms with Crippen molar-refractivity contribution in [1.29, 1.82) is 0 Å². The van der Waals surface area contributed by atoms with E-state index in [0.29, 0.717) is 13.0 Å². The first-order valence-electron chi connectivity index (χ1n) is 10.3. The van der Waals surface area contributed by atoms with Gasteiger partial charge < -0.3 is 14.2 Å². The second kappa shape index (κ2) is 8.70. The highest BCUT2D eigenvalue weighted by Crippen LogP contribution is 2.19. The van der Waals surface area contributed by atoms with Gasteiger partial charge in [0, 0.05) is 44.4 Å². The molecule has 2 aromatic rings. The molecule has 0 aliphatic carbocycles. The Balaban J connectivity index is 1.26. The minimum absolute atomic E-state index is 0.144. The third kappa shape index (κ3) is 4.59. The number of benzene rings is 1. The van der Waals surface area contributed by atoms with Crippen molar-refractivity contribution in [2.45, 2.75) is 64.2 Å². The Bertz CT molecular complexity index is 756. The molecule has 0 bridgehead atoms. The summed E-state index contributed by atoms with van der Waals surface area (Å²) in [6.07, 6.45) is 9.04. The SMILES string of the molecule is O=C(CCc1cnc2n1CCCC2)N1CCCC(OCc2ccccc2)C1. The molecule has 4 rings (SSSR count). The molecular formula is C22H29N3O2. The summed E-state index contributed by atoms with van der Waals surface area (Å²) in [7, 11) is 0. The fourth-order valence-corrected chi connectivity index (χ4v) is 4.16. The van der Waals surface area contributed by atoms with Crippen molar-refractivity contribution in [3.63, 3.8) is 0 Å². The molecule has 1 amide bonds. The molecule has 27 heavy (non-hydrogen) atoms. The maximum atomic E-state index is 12.7. The highest BCUT2D eigenvalue weighted by molar-refractivity contribution is 5.76. The Labute approximate surface area is 161 Å². The average Bonchev–Trinajstić information content (AvgIpc) is 3.15. The molecule has 0 radical (unpaired) electrons. The van der Waals surface area contributed by atoms with Crippen molar-refractivity contribution in [2.24, 2.45) is 0 Å². The fraction of sp³-hybridized carbons (Fsp3) is 0.545. The smallest absolute Gasteiger partial charge is 0.223 e. The predicted molar refractivity (Wildman–Crippen MR) is 104 cm³/mol. The van der Waals surface area contributed by atoms with E-state index in [4.69, 9.17) is 4.74 Å². The molecule has 0 N–H and O–H groups in total. The van der Waals surface area contributed by atoms with Crippen LogP contribution in [0.25, 0.3) is 0 Å². The molecule has 0 saturated carbocycles. The van der Waals surface area contributed by atoms with Crippen LogP contribution in [-0.2, 0) is 35.5 Å². The van der Waals surface area contributed by atoms with Crippen LogP contribution in [0.5, 0.6) is 0 Å². The van der Waals surface area contributed by atoms with Crippen LogP contribution in [-0.4, -0.2) is 39.6 Å². The minimum Gasteiger partial charge on any atom is -0.372 e. The van der Waals surface area contributed by atoms with E-state index in [-0.39, 0.29) is 12.0 Å². The number of carbonyl (C=O) groups is 1. The molecule has 2 aliphatic heterocycles. The number of aromatic nitrogens is 2. The van der Waals surface area contributed by atoms with Gasteiger partial charge in [-0.3, -0.25) is 4.79 Å². The first-order valence-corrected chi connectivity index (χ1v) is 10.3. The average molecular weight is 367 g/mol. The summed E-state index contributed by atoms with van der Waals surface area (Å²) in [4.78, 5) is 19.2. The Morgan fingerprint density at radius 3 is 2.93 bits per heavy atom. The van der Waals surface area contributed by atoms with Crippen molar-refractivity contribution in [1.82, 2.24) is 14.5 Å². The zero-order valence-corrected chi connectivity index (χ0v) is 16.0. The van der Waals surface area contributed by atoms with Crippen molar-refractivity contribution >= 4 is 5.91 Å². The zero-order chi connectivity index (χ0) is 18.5. The van der Waals surface area contributed by atoms with E-state index in [0.717, 1.165) is 45.3 Å². The van der Waals surface area contributed by atoms with Crippen molar-refractivity contribution in [2.75, 3.05) is 13.1 Å². The van der Waals surface area contributed by atoms with Crippen LogP contribution in [0.2, 0.25) is 0 Å². The van der Waals surface area contributed by atoms with Gasteiger partial charge in [-0.05, 0) is 37.7 Å². The molecule has 1 atom stereocenters. The summed E-state index contributed by atoms with van der Waals surface area (Å²) in [5.41, 5.74) is 2.40. The van der Waals surface area contributed by atoms with Gasteiger partial charge in [-0.1, -0.05) is 30.3 Å². The van der Waals surface area contributed by atoms with Crippen LogP contribution in [0.1, 0.15) is 49.2 Å². The number of nitrogens with zero attached hydrogens (tertiary/aromatic N) is 3. The number of likely N-dealkylation sites (tertiary alicyclic amines) is 1. The molecule has 2 aliphatic rings. The Hall–Kier alpha value is -2.14. The fourth-order valence-electron chi connectivity index (χ4n) is 4.16. The van der Waals surface area contributed by atoms with E-state index >= 15 is 0 Å². The van der Waals surface area contributed by atoms with E-state index in [1.165, 1.54) is 29.9 Å². The first-order chi connectivity index (χ1) is 13.3. The van der Waals surface area contributed by atoms with Crippen LogP contribution in [0.3, 0.4) is 0 Å². The Morgan fingerprint density at radius 1 is 1.15 bits per heavy atom. The van der Waals surface area contributed by atoms with Gasteiger partial charge in [-0.2, -0.15) is 0 Å². The van der Waals surface area contributed by atoms with Crippen LogP contribution in [0, 0.1) is 0 Å². The van der Waals surface area contributed by atoms with Crippen molar-refractivity contribution in [3.05, 3.63) is 53.6 Å². The number of aryl methyl sites for hydroxylation is 2. The summed E-state index contributed by atoms with van der Waals surface area (Å²) in [6, 6.07) is 10.2. The molecule has 0 spiro atoms. The molecule has 5 nitrogen and oxygen atoms in total. The summed E-state index contributed by atoms with van der Waals surface area (Å²) >= 11 is 0. The lowest BCUT2D eigenvalue weighted by Crippen LogP contribution is -2.43. The van der Waals surface area contributed by atoms with Gasteiger partial charge in [-0.25, -0.2) is 4.98 Å². The van der Waals surface area contributed by atoms with Crippen molar-refractivity contribution < 1.29 is 9.53 Å². The Kier molecular flexibility index (Phi) is 5.87. The predicted octanol–water partition coefficient (Wildman–Crippen LogP) is 3.36. The highest BCUT2D eigenvalue weighted by Gasteiger charge is 2.24. The van der Waals surface area contributed by atoms with E-state index in [9.17, 15) is 4.79 Å². The topological polar surface area (TPSA) is 47.4 Å². The number of piperidine rings is 1. The maximum Gasteiger partial charge on any atom is 0.223 e. The summed E-state index contributed by atoms with van der Waals surface area (Å²) in [6.45, 7) is 3.25. The monoisotopic (exact) mass is 367 g/mol. The first kappa shape index (κ1) is 18.2. The number of hydrogen-bond donors (Lipinski definition) is 0. The van der Waals surface area contributed by atoms with Crippen LogP contribution >= 0.6 is 0 Å². The van der Waals surface area contributed by atoms with Crippen molar-refractivity contribution in [3.8, 4) is 0 Å². The van der Waals surface area contributed by atoms with Gasteiger partial charge in [0.15, 0.2) is 0 Å². The second-order valence-corrected chi connectivity index (χ2v) is 7.68. The number of carbonyl (C=O) groups excluding carboxylic acids is 1. The van der Waals surface area contributed by atoms with E-state index in [1.807, 2.05) is 29.3 Å². The number of hydrogen-bond acceptors (Lipinski definition) is 3. The van der Waals surface area contributed by atoms with Gasteiger partial charge in [0.25, 0.3) is 0 Å². The standard InChI is InChI=1S/C22H29N3O2/c26-22(12-11-19-15-23-21-10-4-5-14-25(19)21)24-13-6-9-20(16-24)27-17-18-7-2-1-3-8-18/h1-3,7-8,15,20H,4-6,9-14,16-17H2. The molecule has 1 aromatic heterocycles. The molecule has 3 heterocycles.